The van der Waals surface area contributed by atoms with Crippen LogP contribution in [0.25, 0.3) is 0 Å². The first kappa shape index (κ1) is 24.1. The summed E-state index contributed by atoms with van der Waals surface area (Å²) in [6, 6.07) is 15.6. The van der Waals surface area contributed by atoms with Gasteiger partial charge in [0.1, 0.15) is 5.69 Å². The van der Waals surface area contributed by atoms with Crippen LogP contribution in [0.3, 0.4) is 0 Å². The number of ether oxygens (including phenoxy) is 1. The highest BCUT2D eigenvalue weighted by Gasteiger charge is 2.33. The minimum atomic E-state index is -4.80. The fraction of sp³-hybridized carbons (Fsp3) is 0.0870. The van der Waals surface area contributed by atoms with E-state index in [9.17, 15) is 37.7 Å². The Balaban J connectivity index is 1.61. The summed E-state index contributed by atoms with van der Waals surface area (Å²) in [5.41, 5.74) is -1.87. The maximum absolute atomic E-state index is 12.8. The highest BCUT2D eigenvalue weighted by molar-refractivity contribution is 6.09. The van der Waals surface area contributed by atoms with Crippen LogP contribution >= 0.6 is 0 Å². The molecular formula is C23H15F3N2O6. The Morgan fingerprint density at radius 2 is 1.47 bits per heavy atom. The van der Waals surface area contributed by atoms with Crippen molar-refractivity contribution < 1.29 is 37.2 Å². The highest BCUT2D eigenvalue weighted by atomic mass is 19.4. The normalized spacial score (nSPS) is 10.9. The van der Waals surface area contributed by atoms with Gasteiger partial charge in [-0.2, -0.15) is 13.2 Å². The molecule has 0 saturated carbocycles. The number of halogens is 3. The summed E-state index contributed by atoms with van der Waals surface area (Å²) in [7, 11) is 0. The number of hydrogen-bond acceptors (Lipinski definition) is 6. The predicted molar refractivity (Wildman–Crippen MR) is 113 cm³/mol. The number of alkyl halides is 3. The van der Waals surface area contributed by atoms with Gasteiger partial charge in [0, 0.05) is 17.2 Å². The van der Waals surface area contributed by atoms with Crippen molar-refractivity contribution in [3.8, 4) is 0 Å². The molecule has 1 amide bonds. The Labute approximate surface area is 190 Å². The van der Waals surface area contributed by atoms with Crippen molar-refractivity contribution in [1.82, 2.24) is 0 Å². The molecule has 0 bridgehead atoms. The first-order valence-corrected chi connectivity index (χ1v) is 9.58. The highest BCUT2D eigenvalue weighted by Crippen LogP contribution is 2.34. The number of carbonyl (C=O) groups is 3. The van der Waals surface area contributed by atoms with Gasteiger partial charge >= 0.3 is 12.1 Å². The molecule has 34 heavy (non-hydrogen) atoms. The van der Waals surface area contributed by atoms with Crippen molar-refractivity contribution in [2.75, 3.05) is 11.9 Å². The molecule has 0 aromatic heterocycles. The maximum atomic E-state index is 12.8. The van der Waals surface area contributed by atoms with Crippen molar-refractivity contribution in [2.24, 2.45) is 0 Å². The third kappa shape index (κ3) is 5.82. The van der Waals surface area contributed by atoms with Crippen LogP contribution in [0.2, 0.25) is 0 Å². The van der Waals surface area contributed by atoms with E-state index < -0.39 is 46.5 Å². The molecule has 8 nitrogen and oxygen atoms in total. The molecule has 3 rings (SSSR count). The second-order valence-electron chi connectivity index (χ2n) is 6.88. The largest absolute Gasteiger partial charge is 0.452 e. The first-order chi connectivity index (χ1) is 16.1. The Kier molecular flexibility index (Phi) is 7.05. The third-order valence-corrected chi connectivity index (χ3v) is 4.55. The molecule has 0 aliphatic carbocycles. The molecule has 174 valence electrons. The van der Waals surface area contributed by atoms with Crippen LogP contribution < -0.4 is 5.32 Å². The summed E-state index contributed by atoms with van der Waals surface area (Å²) in [6.45, 7) is -0.846. The van der Waals surface area contributed by atoms with Crippen LogP contribution in [0.1, 0.15) is 31.8 Å². The lowest BCUT2D eigenvalue weighted by molar-refractivity contribution is -0.384. The SMILES string of the molecule is O=C(COC(=O)c1ccc(C(=O)c2ccccc2)cc1)Nc1ccc(C(F)(F)F)cc1[N+](=O)[O-]. The predicted octanol–water partition coefficient (Wildman–Crippen LogP) is 4.64. The van der Waals surface area contributed by atoms with Gasteiger partial charge in [0.25, 0.3) is 11.6 Å². The standard InChI is InChI=1S/C23H15F3N2O6/c24-23(25,26)17-10-11-18(19(12-17)28(32)33)27-20(29)13-34-22(31)16-8-6-15(7-9-16)21(30)14-4-2-1-3-5-14/h1-12H,13H2,(H,27,29). The smallest absolute Gasteiger partial charge is 0.416 e. The van der Waals surface area contributed by atoms with Crippen molar-refractivity contribution in [3.05, 3.63) is 105 Å². The van der Waals surface area contributed by atoms with Crippen molar-refractivity contribution in [3.63, 3.8) is 0 Å². The van der Waals surface area contributed by atoms with Gasteiger partial charge in [-0.15, -0.1) is 0 Å². The zero-order valence-electron chi connectivity index (χ0n) is 17.2. The molecule has 0 atom stereocenters. The van der Waals surface area contributed by atoms with E-state index in [1.165, 1.54) is 24.3 Å². The van der Waals surface area contributed by atoms with Gasteiger partial charge in [0.05, 0.1) is 16.1 Å². The summed E-state index contributed by atoms with van der Waals surface area (Å²) in [4.78, 5) is 46.6. The number of nitro groups is 1. The van der Waals surface area contributed by atoms with Crippen LogP contribution in [-0.4, -0.2) is 29.2 Å². The minimum Gasteiger partial charge on any atom is -0.452 e. The molecule has 0 saturated heterocycles. The number of carbonyl (C=O) groups excluding carboxylic acids is 3. The fourth-order valence-corrected chi connectivity index (χ4v) is 2.88. The number of nitro benzene ring substituents is 1. The van der Waals surface area contributed by atoms with Crippen molar-refractivity contribution in [2.45, 2.75) is 6.18 Å². The first-order valence-electron chi connectivity index (χ1n) is 9.58. The molecule has 0 aliphatic heterocycles. The molecular weight excluding hydrogens is 457 g/mol. The Hall–Kier alpha value is -4.54. The quantitative estimate of drug-likeness (QED) is 0.232. The van der Waals surface area contributed by atoms with Crippen LogP contribution in [-0.2, 0) is 15.7 Å². The van der Waals surface area contributed by atoms with Gasteiger partial charge in [0.2, 0.25) is 0 Å². The van der Waals surface area contributed by atoms with Crippen LogP contribution in [0.15, 0.2) is 72.8 Å². The number of esters is 1. The number of anilines is 1. The lowest BCUT2D eigenvalue weighted by Gasteiger charge is -2.10. The molecule has 11 heteroatoms. The van der Waals surface area contributed by atoms with Crippen molar-refractivity contribution in [1.29, 1.82) is 0 Å². The fourth-order valence-electron chi connectivity index (χ4n) is 2.88. The number of nitrogens with one attached hydrogen (secondary N) is 1. The number of rotatable bonds is 7. The average molecular weight is 472 g/mol. The minimum absolute atomic E-state index is 0.0397. The summed E-state index contributed by atoms with van der Waals surface area (Å²) in [5, 5.41) is 13.1. The van der Waals surface area contributed by atoms with E-state index in [1.54, 1.807) is 30.3 Å². The van der Waals surface area contributed by atoms with Crippen molar-refractivity contribution >= 4 is 29.0 Å². The van der Waals surface area contributed by atoms with E-state index in [0.717, 1.165) is 6.07 Å². The molecule has 3 aromatic carbocycles. The summed E-state index contributed by atoms with van der Waals surface area (Å²) < 4.78 is 43.1. The van der Waals surface area contributed by atoms with Gasteiger partial charge in [-0.1, -0.05) is 42.5 Å². The van der Waals surface area contributed by atoms with E-state index in [2.05, 4.69) is 0 Å². The number of hydrogen-bond donors (Lipinski definition) is 1. The molecule has 0 radical (unpaired) electrons. The average Bonchev–Trinajstić information content (AvgIpc) is 2.82. The Morgan fingerprint density at radius 1 is 0.882 bits per heavy atom. The van der Waals surface area contributed by atoms with Crippen LogP contribution in [0, 0.1) is 10.1 Å². The van der Waals surface area contributed by atoms with Gasteiger partial charge in [-0.3, -0.25) is 19.7 Å². The number of amides is 1. The topological polar surface area (TPSA) is 116 Å². The summed E-state index contributed by atoms with van der Waals surface area (Å²) >= 11 is 0. The van der Waals surface area contributed by atoms with Gasteiger partial charge in [-0.25, -0.2) is 4.79 Å². The van der Waals surface area contributed by atoms with Gasteiger partial charge < -0.3 is 10.1 Å². The molecule has 1 N–H and O–H groups in total. The monoisotopic (exact) mass is 472 g/mol. The molecule has 0 fully saturated rings. The molecule has 0 heterocycles. The molecule has 0 unspecified atom stereocenters. The molecule has 0 aliphatic rings. The lowest BCUT2D eigenvalue weighted by Crippen LogP contribution is -2.21. The Morgan fingerprint density at radius 3 is 2.06 bits per heavy atom. The summed E-state index contributed by atoms with van der Waals surface area (Å²) in [5.74, 6) is -2.15. The summed E-state index contributed by atoms with van der Waals surface area (Å²) in [6.07, 6.45) is -4.80. The Bertz CT molecular complexity index is 1240. The zero-order valence-corrected chi connectivity index (χ0v) is 17.2. The van der Waals surface area contributed by atoms with E-state index in [-0.39, 0.29) is 11.3 Å². The van der Waals surface area contributed by atoms with E-state index in [4.69, 9.17) is 4.74 Å². The van der Waals surface area contributed by atoms with Gasteiger partial charge in [0.15, 0.2) is 12.4 Å². The van der Waals surface area contributed by atoms with Gasteiger partial charge in [-0.05, 0) is 24.3 Å². The van der Waals surface area contributed by atoms with Crippen LogP contribution in [0.5, 0.6) is 0 Å². The van der Waals surface area contributed by atoms with E-state index >= 15 is 0 Å². The maximum Gasteiger partial charge on any atom is 0.416 e. The number of ketones is 1. The van der Waals surface area contributed by atoms with E-state index in [1.807, 2.05) is 5.32 Å². The second-order valence-corrected chi connectivity index (χ2v) is 6.88. The van der Waals surface area contributed by atoms with E-state index in [0.29, 0.717) is 23.3 Å². The molecule has 3 aromatic rings. The van der Waals surface area contributed by atoms with Crippen LogP contribution in [0.4, 0.5) is 24.5 Å². The zero-order chi connectivity index (χ0) is 24.9. The molecule has 0 spiro atoms. The third-order valence-electron chi connectivity index (χ3n) is 4.55. The number of nitrogens with zero attached hydrogens (tertiary/aromatic N) is 1. The lowest BCUT2D eigenvalue weighted by atomic mass is 10.0. The second kappa shape index (κ2) is 9.94. The number of benzene rings is 3.